The number of aryl methyl sites for hydroxylation is 1. The van der Waals surface area contributed by atoms with Gasteiger partial charge in [0.1, 0.15) is 0 Å². The molecule has 0 saturated carbocycles. The minimum Gasteiger partial charge on any atom is -0.252 e. The summed E-state index contributed by atoms with van der Waals surface area (Å²) < 4.78 is 1.73. The number of benzene rings is 2. The van der Waals surface area contributed by atoms with Crippen molar-refractivity contribution in [3.63, 3.8) is 0 Å². The summed E-state index contributed by atoms with van der Waals surface area (Å²) in [6, 6.07) is 14.5. The summed E-state index contributed by atoms with van der Waals surface area (Å²) in [6.45, 7) is 2.10. The molecule has 1 nitrogen and oxygen atoms in total. The summed E-state index contributed by atoms with van der Waals surface area (Å²) in [4.78, 5) is 0. The molecule has 0 radical (unpaired) electrons. The van der Waals surface area contributed by atoms with Crippen LogP contribution in [-0.2, 0) is 0 Å². The predicted octanol–water partition coefficient (Wildman–Crippen LogP) is 4.10. The van der Waals surface area contributed by atoms with Gasteiger partial charge in [0.2, 0.25) is 0 Å². The van der Waals surface area contributed by atoms with Crippen molar-refractivity contribution in [1.82, 2.24) is 4.09 Å². The second-order valence-electron chi connectivity index (χ2n) is 3.82. The van der Waals surface area contributed by atoms with Crippen molar-refractivity contribution in [3.05, 3.63) is 48.0 Å². The Hall–Kier alpha value is -1.47. The highest BCUT2D eigenvalue weighted by Gasteiger charge is 2.07. The molecule has 15 heavy (non-hydrogen) atoms. The zero-order valence-corrected chi connectivity index (χ0v) is 9.12. The molecule has 0 spiro atoms. The van der Waals surface area contributed by atoms with Gasteiger partial charge in [-0.1, -0.05) is 29.8 Å². The first-order chi connectivity index (χ1) is 7.27. The molecule has 2 aromatic carbocycles. The normalized spacial score (nSPS) is 11.3. The molecule has 1 heterocycles. The van der Waals surface area contributed by atoms with Crippen LogP contribution in [0.15, 0.2) is 42.5 Å². The summed E-state index contributed by atoms with van der Waals surface area (Å²) >= 11 is 6.26. The molecule has 3 aromatic rings. The van der Waals surface area contributed by atoms with Gasteiger partial charge in [-0.2, -0.15) is 0 Å². The number of fused-ring (bicyclic) bond motifs is 3. The molecule has 0 fully saturated rings. The van der Waals surface area contributed by atoms with E-state index in [0.717, 1.165) is 11.0 Å². The SMILES string of the molecule is Cc1ccc2c(c1)c1ccccc1n2Cl. The molecule has 0 unspecified atom stereocenters. The van der Waals surface area contributed by atoms with Gasteiger partial charge in [0.05, 0.1) is 11.0 Å². The molecular weight excluding hydrogens is 206 g/mol. The van der Waals surface area contributed by atoms with Crippen molar-refractivity contribution in [2.24, 2.45) is 0 Å². The third kappa shape index (κ3) is 1.17. The van der Waals surface area contributed by atoms with E-state index in [-0.39, 0.29) is 0 Å². The van der Waals surface area contributed by atoms with Crippen molar-refractivity contribution in [1.29, 1.82) is 0 Å². The van der Waals surface area contributed by atoms with Crippen LogP contribution < -0.4 is 0 Å². The molecule has 0 amide bonds. The lowest BCUT2D eigenvalue weighted by Gasteiger charge is -1.94. The summed E-state index contributed by atoms with van der Waals surface area (Å²) in [6.07, 6.45) is 0. The number of rotatable bonds is 0. The average molecular weight is 216 g/mol. The van der Waals surface area contributed by atoms with Crippen LogP contribution in [0.4, 0.5) is 0 Å². The highest BCUT2D eigenvalue weighted by molar-refractivity contribution is 6.26. The largest absolute Gasteiger partial charge is 0.252 e. The van der Waals surface area contributed by atoms with E-state index in [1.165, 1.54) is 16.3 Å². The van der Waals surface area contributed by atoms with Gasteiger partial charge in [-0.25, -0.2) is 0 Å². The Balaban J connectivity index is 2.64. The Kier molecular flexibility index (Phi) is 1.77. The van der Waals surface area contributed by atoms with Crippen LogP contribution in [0.5, 0.6) is 0 Å². The highest BCUT2D eigenvalue weighted by atomic mass is 35.5. The maximum Gasteiger partial charge on any atom is 0.0661 e. The highest BCUT2D eigenvalue weighted by Crippen LogP contribution is 2.30. The summed E-state index contributed by atoms with van der Waals surface area (Å²) in [7, 11) is 0. The van der Waals surface area contributed by atoms with Gasteiger partial charge < -0.3 is 0 Å². The van der Waals surface area contributed by atoms with Crippen LogP contribution in [-0.4, -0.2) is 4.09 Å². The molecule has 0 saturated heterocycles. The van der Waals surface area contributed by atoms with Gasteiger partial charge in [-0.3, -0.25) is 4.09 Å². The molecule has 3 rings (SSSR count). The number of halogens is 1. The van der Waals surface area contributed by atoms with Crippen LogP contribution in [0.3, 0.4) is 0 Å². The molecule has 0 N–H and O–H groups in total. The third-order valence-electron chi connectivity index (χ3n) is 2.77. The van der Waals surface area contributed by atoms with Gasteiger partial charge in [-0.15, -0.1) is 0 Å². The first-order valence-corrected chi connectivity index (χ1v) is 5.27. The lowest BCUT2D eigenvalue weighted by Crippen LogP contribution is -1.78. The van der Waals surface area contributed by atoms with E-state index in [1.807, 2.05) is 18.2 Å². The van der Waals surface area contributed by atoms with E-state index in [4.69, 9.17) is 11.8 Å². The molecule has 0 aliphatic rings. The molecule has 74 valence electrons. The Labute approximate surface area is 93.0 Å². The number of para-hydroxylation sites is 1. The van der Waals surface area contributed by atoms with Crippen molar-refractivity contribution in [3.8, 4) is 0 Å². The standard InChI is InChI=1S/C13H10ClN/c1-9-6-7-13-11(8-9)10-4-2-3-5-12(10)15(13)14/h2-8H,1H3. The maximum atomic E-state index is 6.26. The molecular formula is C13H10ClN. The zero-order valence-electron chi connectivity index (χ0n) is 8.37. The minimum absolute atomic E-state index is 1.07. The molecule has 0 aliphatic carbocycles. The number of nitrogens with zero attached hydrogens (tertiary/aromatic N) is 1. The van der Waals surface area contributed by atoms with Gasteiger partial charge in [-0.05, 0) is 25.1 Å². The Morgan fingerprint density at radius 1 is 0.933 bits per heavy atom. The van der Waals surface area contributed by atoms with E-state index in [0.29, 0.717) is 0 Å². The summed E-state index contributed by atoms with van der Waals surface area (Å²) in [5, 5.41) is 2.44. The smallest absolute Gasteiger partial charge is 0.0661 e. The van der Waals surface area contributed by atoms with E-state index in [2.05, 4.69) is 31.2 Å². The molecule has 2 heteroatoms. The number of aromatic nitrogens is 1. The van der Waals surface area contributed by atoms with E-state index in [9.17, 15) is 0 Å². The quantitative estimate of drug-likeness (QED) is 0.532. The van der Waals surface area contributed by atoms with Crippen LogP contribution in [0.2, 0.25) is 0 Å². The van der Waals surface area contributed by atoms with Crippen molar-refractivity contribution < 1.29 is 0 Å². The summed E-state index contributed by atoms with van der Waals surface area (Å²) in [5.41, 5.74) is 3.40. The lowest BCUT2D eigenvalue weighted by molar-refractivity contribution is 1.39. The van der Waals surface area contributed by atoms with Crippen LogP contribution in [0.25, 0.3) is 21.8 Å². The predicted molar refractivity (Wildman–Crippen MR) is 65.4 cm³/mol. The lowest BCUT2D eigenvalue weighted by atomic mass is 10.1. The van der Waals surface area contributed by atoms with Gasteiger partial charge >= 0.3 is 0 Å². The monoisotopic (exact) mass is 215 g/mol. The van der Waals surface area contributed by atoms with Crippen LogP contribution in [0.1, 0.15) is 5.56 Å². The van der Waals surface area contributed by atoms with Crippen LogP contribution >= 0.6 is 11.8 Å². The molecule has 0 bridgehead atoms. The first-order valence-electron chi connectivity index (χ1n) is 4.93. The van der Waals surface area contributed by atoms with E-state index < -0.39 is 0 Å². The Bertz CT molecular complexity index is 652. The number of hydrogen-bond acceptors (Lipinski definition) is 0. The fraction of sp³-hybridized carbons (Fsp3) is 0.0769. The fourth-order valence-corrected chi connectivity index (χ4v) is 2.33. The Morgan fingerprint density at radius 2 is 1.67 bits per heavy atom. The molecule has 0 aliphatic heterocycles. The van der Waals surface area contributed by atoms with Crippen LogP contribution in [0, 0.1) is 6.92 Å². The average Bonchev–Trinajstić information content (AvgIpc) is 2.54. The first kappa shape index (κ1) is 8.81. The third-order valence-corrected chi connectivity index (χ3v) is 3.13. The van der Waals surface area contributed by atoms with E-state index >= 15 is 0 Å². The van der Waals surface area contributed by atoms with Gasteiger partial charge in [0, 0.05) is 22.5 Å². The number of hydrogen-bond donors (Lipinski definition) is 0. The topological polar surface area (TPSA) is 4.93 Å². The Morgan fingerprint density at radius 3 is 2.53 bits per heavy atom. The minimum atomic E-state index is 1.07. The second kappa shape index (κ2) is 3.01. The van der Waals surface area contributed by atoms with Gasteiger partial charge in [0.15, 0.2) is 0 Å². The van der Waals surface area contributed by atoms with Gasteiger partial charge in [0.25, 0.3) is 0 Å². The fourth-order valence-electron chi connectivity index (χ4n) is 2.04. The maximum absolute atomic E-state index is 6.26. The van der Waals surface area contributed by atoms with Crippen molar-refractivity contribution >= 4 is 33.6 Å². The van der Waals surface area contributed by atoms with Crippen molar-refractivity contribution in [2.45, 2.75) is 6.92 Å². The van der Waals surface area contributed by atoms with Crippen molar-refractivity contribution in [2.75, 3.05) is 0 Å². The molecule has 0 atom stereocenters. The van der Waals surface area contributed by atoms with E-state index in [1.54, 1.807) is 4.09 Å². The zero-order chi connectivity index (χ0) is 10.4. The second-order valence-corrected chi connectivity index (χ2v) is 4.16. The summed E-state index contributed by atoms with van der Waals surface area (Å²) in [5.74, 6) is 0. The molecule has 1 aromatic heterocycles.